The first-order valence-electron chi connectivity index (χ1n) is 10.7. The highest BCUT2D eigenvalue weighted by atomic mass is 19.1. The average molecular weight is 423 g/mol. The van der Waals surface area contributed by atoms with Crippen LogP contribution in [-0.4, -0.2) is 62.1 Å². The van der Waals surface area contributed by atoms with Crippen LogP contribution in [0.5, 0.6) is 0 Å². The lowest BCUT2D eigenvalue weighted by atomic mass is 9.99. The van der Waals surface area contributed by atoms with Crippen LogP contribution in [-0.2, 0) is 27.4 Å². The Morgan fingerprint density at radius 1 is 1.06 bits per heavy atom. The third-order valence-electron chi connectivity index (χ3n) is 6.22. The first-order valence-corrected chi connectivity index (χ1v) is 10.7. The highest BCUT2D eigenvalue weighted by Crippen LogP contribution is 2.42. The molecule has 1 amide bonds. The maximum Gasteiger partial charge on any atom is 0.260 e. The topological polar surface area (TPSA) is 54.0 Å². The molecule has 2 aromatic carbocycles. The second-order valence-electron chi connectivity index (χ2n) is 8.24. The molecule has 0 bridgehead atoms. The summed E-state index contributed by atoms with van der Waals surface area (Å²) in [5.74, 6) is -0.0849. The fourth-order valence-electron chi connectivity index (χ4n) is 4.54. The standard InChI is InChI=1S/C24H26FN3O3/c1-30-11-10-27-6-8-28(9-7-27)14-16-2-4-19-17(12-16)15-31-23(19)22-20-13-18(25)3-5-21(20)26-24(22)29/h2-5,12-13H,6-11,14-15H2,1H3,(H,26,29)/b23-22+. The summed E-state index contributed by atoms with van der Waals surface area (Å²) in [6, 6.07) is 10.6. The largest absolute Gasteiger partial charge is 0.487 e. The Morgan fingerprint density at radius 3 is 2.68 bits per heavy atom. The summed E-state index contributed by atoms with van der Waals surface area (Å²) in [4.78, 5) is 17.5. The smallest absolute Gasteiger partial charge is 0.260 e. The Morgan fingerprint density at radius 2 is 1.87 bits per heavy atom. The Bertz CT molecular complexity index is 1040. The van der Waals surface area contributed by atoms with E-state index in [0.717, 1.165) is 57.0 Å². The Hall–Kier alpha value is -2.74. The number of methoxy groups -OCH3 is 1. The van der Waals surface area contributed by atoms with Gasteiger partial charge in [-0.15, -0.1) is 0 Å². The van der Waals surface area contributed by atoms with E-state index >= 15 is 0 Å². The van der Waals surface area contributed by atoms with E-state index in [-0.39, 0.29) is 11.7 Å². The van der Waals surface area contributed by atoms with Gasteiger partial charge in [0.05, 0.1) is 12.2 Å². The Labute approximate surface area is 181 Å². The molecule has 0 atom stereocenters. The summed E-state index contributed by atoms with van der Waals surface area (Å²) in [6.07, 6.45) is 0. The molecular formula is C24H26FN3O3. The van der Waals surface area contributed by atoms with Gasteiger partial charge in [0.2, 0.25) is 0 Å². The predicted octanol–water partition coefficient (Wildman–Crippen LogP) is 2.94. The molecule has 3 aliphatic rings. The minimum atomic E-state index is -0.371. The van der Waals surface area contributed by atoms with Gasteiger partial charge < -0.3 is 14.8 Å². The molecule has 0 saturated carbocycles. The van der Waals surface area contributed by atoms with Crippen molar-refractivity contribution in [2.75, 3.05) is 51.8 Å². The van der Waals surface area contributed by atoms with Gasteiger partial charge in [-0.25, -0.2) is 4.39 Å². The van der Waals surface area contributed by atoms with E-state index in [1.165, 1.54) is 17.7 Å². The molecule has 31 heavy (non-hydrogen) atoms. The zero-order valence-corrected chi connectivity index (χ0v) is 17.6. The van der Waals surface area contributed by atoms with Gasteiger partial charge in [-0.3, -0.25) is 14.6 Å². The summed E-state index contributed by atoms with van der Waals surface area (Å²) in [6.45, 7) is 7.26. The number of rotatable bonds is 5. The normalized spacial score (nSPS) is 21.0. The highest BCUT2D eigenvalue weighted by molar-refractivity contribution is 6.36. The summed E-state index contributed by atoms with van der Waals surface area (Å²) in [5.41, 5.74) is 4.80. The average Bonchev–Trinajstić information content (AvgIpc) is 3.32. The molecule has 0 aliphatic carbocycles. The van der Waals surface area contributed by atoms with Crippen molar-refractivity contribution in [3.05, 3.63) is 64.5 Å². The van der Waals surface area contributed by atoms with Gasteiger partial charge >= 0.3 is 0 Å². The third kappa shape index (κ3) is 3.96. The van der Waals surface area contributed by atoms with E-state index in [9.17, 15) is 9.18 Å². The van der Waals surface area contributed by atoms with Crippen molar-refractivity contribution in [2.24, 2.45) is 0 Å². The number of halogens is 1. The number of carbonyl (C=O) groups excluding carboxylic acids is 1. The fraction of sp³-hybridized carbons (Fsp3) is 0.375. The van der Waals surface area contributed by atoms with Crippen LogP contribution >= 0.6 is 0 Å². The van der Waals surface area contributed by atoms with Crippen LogP contribution < -0.4 is 5.32 Å². The Kier molecular flexibility index (Phi) is 5.48. The number of piperazine rings is 1. The molecule has 2 aromatic rings. The SMILES string of the molecule is COCCN1CCN(Cc2ccc3c(c2)CO/C3=C2/C(=O)Nc3ccc(F)cc32)CC1. The molecule has 6 nitrogen and oxygen atoms in total. The quantitative estimate of drug-likeness (QED) is 0.750. The number of benzene rings is 2. The number of nitrogens with one attached hydrogen (secondary N) is 1. The second kappa shape index (κ2) is 8.42. The van der Waals surface area contributed by atoms with Crippen LogP contribution in [0, 0.1) is 5.82 Å². The highest BCUT2D eigenvalue weighted by Gasteiger charge is 2.33. The maximum atomic E-state index is 13.8. The molecule has 0 spiro atoms. The van der Waals surface area contributed by atoms with Crippen LogP contribution in [0.15, 0.2) is 36.4 Å². The van der Waals surface area contributed by atoms with Crippen LogP contribution in [0.2, 0.25) is 0 Å². The second-order valence-corrected chi connectivity index (χ2v) is 8.24. The summed E-state index contributed by atoms with van der Waals surface area (Å²) in [7, 11) is 1.74. The van der Waals surface area contributed by atoms with Crippen LogP contribution in [0.25, 0.3) is 11.3 Å². The van der Waals surface area contributed by atoms with Gasteiger partial charge in [0, 0.05) is 68.8 Å². The number of ether oxygens (including phenoxy) is 2. The number of hydrogen-bond acceptors (Lipinski definition) is 5. The molecule has 1 N–H and O–H groups in total. The fourth-order valence-corrected chi connectivity index (χ4v) is 4.54. The van der Waals surface area contributed by atoms with Crippen molar-refractivity contribution >= 4 is 22.9 Å². The van der Waals surface area contributed by atoms with Crippen molar-refractivity contribution < 1.29 is 18.7 Å². The van der Waals surface area contributed by atoms with Crippen molar-refractivity contribution in [3.8, 4) is 0 Å². The van der Waals surface area contributed by atoms with E-state index < -0.39 is 0 Å². The molecule has 5 rings (SSSR count). The van der Waals surface area contributed by atoms with E-state index in [2.05, 4.69) is 27.2 Å². The lowest BCUT2D eigenvalue weighted by Crippen LogP contribution is -2.46. The molecule has 0 unspecified atom stereocenters. The number of fused-ring (bicyclic) bond motifs is 2. The summed E-state index contributed by atoms with van der Waals surface area (Å²) >= 11 is 0. The van der Waals surface area contributed by atoms with Crippen molar-refractivity contribution in [1.82, 2.24) is 9.80 Å². The number of nitrogens with zero attached hydrogens (tertiary/aromatic N) is 2. The van der Waals surface area contributed by atoms with E-state index in [1.54, 1.807) is 13.2 Å². The molecule has 0 aromatic heterocycles. The molecule has 3 aliphatic heterocycles. The van der Waals surface area contributed by atoms with E-state index in [0.29, 0.717) is 29.2 Å². The van der Waals surface area contributed by atoms with Gasteiger partial charge in [0.15, 0.2) is 0 Å². The predicted molar refractivity (Wildman–Crippen MR) is 117 cm³/mol. The zero-order chi connectivity index (χ0) is 21.4. The summed E-state index contributed by atoms with van der Waals surface area (Å²) < 4.78 is 24.9. The first kappa shape index (κ1) is 20.2. The minimum absolute atomic E-state index is 0.251. The molecule has 162 valence electrons. The van der Waals surface area contributed by atoms with E-state index in [4.69, 9.17) is 9.47 Å². The molecule has 1 saturated heterocycles. The number of amides is 1. The first-order chi connectivity index (χ1) is 15.1. The number of carbonyl (C=O) groups is 1. The van der Waals surface area contributed by atoms with Crippen molar-refractivity contribution in [2.45, 2.75) is 13.2 Å². The van der Waals surface area contributed by atoms with Crippen LogP contribution in [0.3, 0.4) is 0 Å². The monoisotopic (exact) mass is 423 g/mol. The van der Waals surface area contributed by atoms with Crippen LogP contribution in [0.4, 0.5) is 10.1 Å². The zero-order valence-electron chi connectivity index (χ0n) is 17.6. The molecule has 7 heteroatoms. The summed E-state index contributed by atoms with van der Waals surface area (Å²) in [5, 5.41) is 2.80. The van der Waals surface area contributed by atoms with E-state index in [1.807, 2.05) is 6.07 Å². The van der Waals surface area contributed by atoms with Gasteiger partial charge in [0.25, 0.3) is 5.91 Å². The molecule has 1 fully saturated rings. The van der Waals surface area contributed by atoms with Crippen LogP contribution in [0.1, 0.15) is 22.3 Å². The lowest BCUT2D eigenvalue weighted by Gasteiger charge is -2.34. The van der Waals surface area contributed by atoms with Gasteiger partial charge in [-0.2, -0.15) is 0 Å². The molecular weight excluding hydrogens is 397 g/mol. The molecule has 0 radical (unpaired) electrons. The van der Waals surface area contributed by atoms with Gasteiger partial charge in [0.1, 0.15) is 18.2 Å². The number of anilines is 1. The third-order valence-corrected chi connectivity index (χ3v) is 6.22. The Balaban J connectivity index is 1.33. The lowest BCUT2D eigenvalue weighted by molar-refractivity contribution is -0.110. The number of hydrogen-bond donors (Lipinski definition) is 1. The molecule has 3 heterocycles. The minimum Gasteiger partial charge on any atom is -0.487 e. The maximum absolute atomic E-state index is 13.8. The van der Waals surface area contributed by atoms with Crippen molar-refractivity contribution in [3.63, 3.8) is 0 Å². The van der Waals surface area contributed by atoms with Gasteiger partial charge in [-0.05, 0) is 23.8 Å². The van der Waals surface area contributed by atoms with Gasteiger partial charge in [-0.1, -0.05) is 18.2 Å². The van der Waals surface area contributed by atoms with Crippen molar-refractivity contribution in [1.29, 1.82) is 0 Å².